The second-order valence-corrected chi connectivity index (χ2v) is 3.66. The van der Waals surface area contributed by atoms with Gasteiger partial charge >= 0.3 is 12.3 Å². The Balaban J connectivity index is 2.27. The number of hydrogen-bond donors (Lipinski definition) is 1. The summed E-state index contributed by atoms with van der Waals surface area (Å²) >= 11 is 0. The molecular formula is C8H11F5O2. The van der Waals surface area contributed by atoms with Crippen LogP contribution in [0.4, 0.5) is 22.0 Å². The highest BCUT2D eigenvalue weighted by molar-refractivity contribution is 4.76. The highest BCUT2D eigenvalue weighted by atomic mass is 19.4. The molecule has 0 aromatic heterocycles. The van der Waals surface area contributed by atoms with Gasteiger partial charge in [-0.1, -0.05) is 12.8 Å². The minimum Gasteiger partial charge on any atom is -0.391 e. The van der Waals surface area contributed by atoms with Gasteiger partial charge in [-0.05, 0) is 12.3 Å². The predicted molar refractivity (Wildman–Crippen MR) is 40.3 cm³/mol. The van der Waals surface area contributed by atoms with E-state index < -0.39 is 25.0 Å². The molecule has 0 aliphatic heterocycles. The number of rotatable bonds is 5. The average molecular weight is 234 g/mol. The molecule has 1 fully saturated rings. The molecule has 1 N–H and O–H groups in total. The van der Waals surface area contributed by atoms with Crippen molar-refractivity contribution >= 4 is 0 Å². The summed E-state index contributed by atoms with van der Waals surface area (Å²) in [5, 5.41) is 9.06. The van der Waals surface area contributed by atoms with Crippen molar-refractivity contribution in [1.29, 1.82) is 0 Å². The van der Waals surface area contributed by atoms with E-state index in [1.165, 1.54) is 0 Å². The van der Waals surface area contributed by atoms with E-state index in [4.69, 9.17) is 5.11 Å². The molecule has 1 aliphatic carbocycles. The molecule has 0 radical (unpaired) electrons. The van der Waals surface area contributed by atoms with Crippen molar-refractivity contribution in [2.75, 3.05) is 6.61 Å². The second-order valence-electron chi connectivity index (χ2n) is 3.66. The summed E-state index contributed by atoms with van der Waals surface area (Å²) in [6.07, 6.45) is -10.2. The van der Waals surface area contributed by atoms with Crippen molar-refractivity contribution in [2.45, 2.75) is 37.7 Å². The lowest BCUT2D eigenvalue weighted by molar-refractivity contribution is -0.394. The molecule has 1 unspecified atom stereocenters. The molecule has 0 aromatic carbocycles. The lowest BCUT2D eigenvalue weighted by Gasteiger charge is -2.21. The molecular weight excluding hydrogens is 223 g/mol. The standard InChI is InChI=1S/C8H11F5O2/c9-7(10,11)8(12,13)15-4-6(14)3-5-1-2-5/h5-6,14H,1-4H2. The zero-order valence-corrected chi connectivity index (χ0v) is 7.73. The number of halogens is 5. The Kier molecular flexibility index (Phi) is 3.55. The number of aliphatic hydroxyl groups excluding tert-OH is 1. The van der Waals surface area contributed by atoms with Crippen molar-refractivity contribution in [1.82, 2.24) is 0 Å². The molecule has 0 saturated heterocycles. The maximum Gasteiger partial charge on any atom is 0.482 e. The van der Waals surface area contributed by atoms with Crippen LogP contribution in [0.25, 0.3) is 0 Å². The van der Waals surface area contributed by atoms with Crippen LogP contribution in [0.5, 0.6) is 0 Å². The first-order valence-corrected chi connectivity index (χ1v) is 4.49. The van der Waals surface area contributed by atoms with Gasteiger partial charge in [0.25, 0.3) is 0 Å². The number of hydrogen-bond acceptors (Lipinski definition) is 2. The molecule has 7 heteroatoms. The Hall–Kier alpha value is -0.430. The fourth-order valence-corrected chi connectivity index (χ4v) is 1.09. The van der Waals surface area contributed by atoms with E-state index in [1.54, 1.807) is 0 Å². The Morgan fingerprint density at radius 3 is 2.13 bits per heavy atom. The van der Waals surface area contributed by atoms with Crippen molar-refractivity contribution < 1.29 is 31.8 Å². The van der Waals surface area contributed by atoms with Gasteiger partial charge in [-0.25, -0.2) is 0 Å². The van der Waals surface area contributed by atoms with Gasteiger partial charge in [0.1, 0.15) is 0 Å². The quantitative estimate of drug-likeness (QED) is 0.740. The van der Waals surface area contributed by atoms with Crippen LogP contribution >= 0.6 is 0 Å². The highest BCUT2D eigenvalue weighted by Crippen LogP contribution is 2.37. The lowest BCUT2D eigenvalue weighted by Crippen LogP contribution is -2.41. The maximum absolute atomic E-state index is 12.2. The third-order valence-electron chi connectivity index (χ3n) is 2.09. The first kappa shape index (κ1) is 12.6. The van der Waals surface area contributed by atoms with Crippen LogP contribution in [-0.4, -0.2) is 30.1 Å². The molecule has 1 aliphatic rings. The predicted octanol–water partition coefficient (Wildman–Crippen LogP) is 2.32. The number of alkyl halides is 5. The molecule has 2 nitrogen and oxygen atoms in total. The van der Waals surface area contributed by atoms with Crippen LogP contribution < -0.4 is 0 Å². The van der Waals surface area contributed by atoms with Gasteiger partial charge in [0, 0.05) is 0 Å². The number of aliphatic hydroxyl groups is 1. The van der Waals surface area contributed by atoms with Gasteiger partial charge in [0.05, 0.1) is 12.7 Å². The number of ether oxygens (including phenoxy) is 1. The largest absolute Gasteiger partial charge is 0.482 e. The van der Waals surface area contributed by atoms with Crippen LogP contribution in [0.1, 0.15) is 19.3 Å². The first-order valence-electron chi connectivity index (χ1n) is 4.49. The van der Waals surface area contributed by atoms with Crippen LogP contribution in [0.2, 0.25) is 0 Å². The van der Waals surface area contributed by atoms with Gasteiger partial charge in [-0.2, -0.15) is 22.0 Å². The van der Waals surface area contributed by atoms with Gasteiger partial charge in [0.15, 0.2) is 0 Å². The van der Waals surface area contributed by atoms with E-state index >= 15 is 0 Å². The highest BCUT2D eigenvalue weighted by Gasteiger charge is 2.59. The van der Waals surface area contributed by atoms with Gasteiger partial charge in [0.2, 0.25) is 0 Å². The summed E-state index contributed by atoms with van der Waals surface area (Å²) in [6.45, 7) is -0.997. The minimum absolute atomic E-state index is 0.216. The van der Waals surface area contributed by atoms with Crippen LogP contribution in [0.3, 0.4) is 0 Å². The van der Waals surface area contributed by atoms with Crippen LogP contribution in [0.15, 0.2) is 0 Å². The smallest absolute Gasteiger partial charge is 0.391 e. The van der Waals surface area contributed by atoms with E-state index in [9.17, 15) is 22.0 Å². The SMILES string of the molecule is OC(COC(F)(F)C(F)(F)F)CC1CC1. The topological polar surface area (TPSA) is 29.5 Å². The molecule has 90 valence electrons. The normalized spacial score (nSPS) is 20.4. The molecule has 1 saturated carbocycles. The lowest BCUT2D eigenvalue weighted by atomic mass is 10.2. The molecule has 0 bridgehead atoms. The van der Waals surface area contributed by atoms with Gasteiger partial charge < -0.3 is 9.84 Å². The Morgan fingerprint density at radius 1 is 1.20 bits per heavy atom. The third kappa shape index (κ3) is 3.90. The van der Waals surface area contributed by atoms with E-state index in [1.807, 2.05) is 0 Å². The molecule has 0 amide bonds. The zero-order chi connectivity index (χ0) is 11.7. The molecule has 1 rings (SSSR count). The molecule has 0 heterocycles. The van der Waals surface area contributed by atoms with E-state index in [-0.39, 0.29) is 12.3 Å². The van der Waals surface area contributed by atoms with Crippen molar-refractivity contribution in [2.24, 2.45) is 5.92 Å². The zero-order valence-electron chi connectivity index (χ0n) is 7.73. The summed E-state index contributed by atoms with van der Waals surface area (Å²) in [7, 11) is 0. The fourth-order valence-electron chi connectivity index (χ4n) is 1.09. The monoisotopic (exact) mass is 234 g/mol. The average Bonchev–Trinajstić information content (AvgIpc) is 2.83. The van der Waals surface area contributed by atoms with Gasteiger partial charge in [-0.15, -0.1) is 0 Å². The molecule has 0 spiro atoms. The van der Waals surface area contributed by atoms with Crippen molar-refractivity contribution in [3.8, 4) is 0 Å². The van der Waals surface area contributed by atoms with E-state index in [0.717, 1.165) is 12.8 Å². The second kappa shape index (κ2) is 4.21. The molecule has 0 aromatic rings. The van der Waals surface area contributed by atoms with E-state index in [2.05, 4.69) is 4.74 Å². The molecule has 15 heavy (non-hydrogen) atoms. The molecule has 1 atom stereocenters. The van der Waals surface area contributed by atoms with Crippen molar-refractivity contribution in [3.05, 3.63) is 0 Å². The maximum atomic E-state index is 12.2. The van der Waals surface area contributed by atoms with Crippen LogP contribution in [0, 0.1) is 5.92 Å². The van der Waals surface area contributed by atoms with Crippen molar-refractivity contribution in [3.63, 3.8) is 0 Å². The summed E-state index contributed by atoms with van der Waals surface area (Å²) in [5.41, 5.74) is 0. The Morgan fingerprint density at radius 2 is 1.73 bits per heavy atom. The summed E-state index contributed by atoms with van der Waals surface area (Å²) in [4.78, 5) is 0. The van der Waals surface area contributed by atoms with Crippen LogP contribution in [-0.2, 0) is 4.74 Å². The fraction of sp³-hybridized carbons (Fsp3) is 1.00. The summed E-state index contributed by atoms with van der Waals surface area (Å²) < 4.78 is 62.6. The Labute approximate surface area is 83.0 Å². The minimum atomic E-state index is -5.73. The van der Waals surface area contributed by atoms with Gasteiger partial charge in [-0.3, -0.25) is 0 Å². The first-order chi connectivity index (χ1) is 6.72. The summed E-state index contributed by atoms with van der Waals surface area (Å²) in [5.74, 6) is 0.239. The van der Waals surface area contributed by atoms with E-state index in [0.29, 0.717) is 0 Å². The third-order valence-corrected chi connectivity index (χ3v) is 2.09. The summed E-state index contributed by atoms with van der Waals surface area (Å²) in [6, 6.07) is 0. The Bertz CT molecular complexity index is 212.